The predicted molar refractivity (Wildman–Crippen MR) is 149 cm³/mol. The lowest BCUT2D eigenvalue weighted by atomic mass is 9.68. The number of ether oxygens (including phenoxy) is 1. The van der Waals surface area contributed by atoms with Crippen LogP contribution in [0.3, 0.4) is 0 Å². The summed E-state index contributed by atoms with van der Waals surface area (Å²) in [5.41, 5.74) is 0.230. The van der Waals surface area contributed by atoms with Crippen molar-refractivity contribution in [1.82, 2.24) is 9.97 Å². The summed E-state index contributed by atoms with van der Waals surface area (Å²) in [4.78, 5) is 21.8. The zero-order chi connectivity index (χ0) is 28.9. The highest BCUT2D eigenvalue weighted by atomic mass is 19.1. The van der Waals surface area contributed by atoms with Crippen molar-refractivity contribution in [3.63, 3.8) is 0 Å². The van der Waals surface area contributed by atoms with Crippen molar-refractivity contribution < 1.29 is 27.8 Å². The second-order valence-electron chi connectivity index (χ2n) is 11.5. The van der Waals surface area contributed by atoms with Gasteiger partial charge in [-0.3, -0.25) is 9.78 Å². The second-order valence-corrected chi connectivity index (χ2v) is 11.5. The number of aliphatic hydroxyl groups excluding tert-OH is 1. The molecule has 0 spiro atoms. The summed E-state index contributed by atoms with van der Waals surface area (Å²) in [6.45, 7) is 4.31. The number of amides is 1. The van der Waals surface area contributed by atoms with E-state index in [0.29, 0.717) is 18.5 Å². The van der Waals surface area contributed by atoms with Crippen LogP contribution >= 0.6 is 0 Å². The maximum atomic E-state index is 16.1. The number of alkyl halides is 1. The fourth-order valence-corrected chi connectivity index (χ4v) is 6.63. The van der Waals surface area contributed by atoms with Gasteiger partial charge < -0.3 is 15.2 Å². The Morgan fingerprint density at radius 2 is 1.88 bits per heavy atom. The number of aromatic nitrogens is 2. The van der Waals surface area contributed by atoms with Crippen LogP contribution in [0.1, 0.15) is 72.6 Å². The maximum Gasteiger partial charge on any atom is 0.274 e. The van der Waals surface area contributed by atoms with Crippen LogP contribution in [0.5, 0.6) is 0 Å². The Kier molecular flexibility index (Phi) is 7.20. The van der Waals surface area contributed by atoms with Crippen LogP contribution < -0.4 is 5.32 Å². The molecule has 6 nitrogen and oxygen atoms in total. The lowest BCUT2D eigenvalue weighted by Gasteiger charge is -2.39. The first-order valence-electron chi connectivity index (χ1n) is 14.0. The summed E-state index contributed by atoms with van der Waals surface area (Å²) in [7, 11) is 0. The van der Waals surface area contributed by atoms with Gasteiger partial charge in [0, 0.05) is 37.8 Å². The number of hydrogen-bond donors (Lipinski definition) is 2. The first-order valence-corrected chi connectivity index (χ1v) is 14.0. The molecule has 1 amide bonds. The van der Waals surface area contributed by atoms with Crippen molar-refractivity contribution in [2.45, 2.75) is 57.2 Å². The van der Waals surface area contributed by atoms with Gasteiger partial charge in [-0.05, 0) is 84.5 Å². The highest BCUT2D eigenvalue weighted by Crippen LogP contribution is 2.46. The quantitative estimate of drug-likeness (QED) is 0.351. The highest BCUT2D eigenvalue weighted by molar-refractivity contribution is 6.03. The molecule has 2 fully saturated rings. The SMILES string of the molecule is CC1=Cc2cc(C3(F)CCOCC3)cc(F)c2-c2nc(ccc2F)C(=O)Nc2cnccc2C2CC(O)C(C)C1C2. The molecule has 214 valence electrons. The first-order chi connectivity index (χ1) is 19.6. The highest BCUT2D eigenvalue weighted by Gasteiger charge is 2.38. The smallest absolute Gasteiger partial charge is 0.274 e. The van der Waals surface area contributed by atoms with Crippen LogP contribution in [0.4, 0.5) is 18.9 Å². The molecule has 4 atom stereocenters. The lowest BCUT2D eigenvalue weighted by molar-refractivity contribution is -0.0116. The normalized spacial score (nSPS) is 25.7. The van der Waals surface area contributed by atoms with E-state index < -0.39 is 29.3 Å². The average molecular weight is 564 g/mol. The average Bonchev–Trinajstić information content (AvgIpc) is 2.95. The summed E-state index contributed by atoms with van der Waals surface area (Å²) in [5.74, 6) is -2.56. The van der Waals surface area contributed by atoms with Gasteiger partial charge in [0.2, 0.25) is 0 Å². The Morgan fingerprint density at radius 3 is 2.66 bits per heavy atom. The van der Waals surface area contributed by atoms with Gasteiger partial charge in [0.25, 0.3) is 5.91 Å². The van der Waals surface area contributed by atoms with Crippen LogP contribution in [-0.2, 0) is 10.4 Å². The Balaban J connectivity index is 1.59. The molecule has 1 aromatic carbocycles. The van der Waals surface area contributed by atoms with Crippen LogP contribution in [0, 0.1) is 23.5 Å². The van der Waals surface area contributed by atoms with Gasteiger partial charge in [0.1, 0.15) is 28.7 Å². The molecule has 3 aromatic rings. The van der Waals surface area contributed by atoms with Crippen LogP contribution in [0.15, 0.2) is 48.3 Å². The Bertz CT molecular complexity index is 1540. The Labute approximate surface area is 236 Å². The number of rotatable bonds is 1. The number of halogens is 3. The predicted octanol–water partition coefficient (Wildman–Crippen LogP) is 6.56. The maximum absolute atomic E-state index is 16.1. The number of aliphatic hydroxyl groups is 1. The molecule has 6 rings (SSSR count). The zero-order valence-corrected chi connectivity index (χ0v) is 23.0. The molecule has 41 heavy (non-hydrogen) atoms. The number of benzene rings is 1. The minimum atomic E-state index is -1.79. The summed E-state index contributed by atoms with van der Waals surface area (Å²) in [6, 6.07) is 6.83. The summed E-state index contributed by atoms with van der Waals surface area (Å²) in [5, 5.41) is 13.9. The second kappa shape index (κ2) is 10.7. The number of anilines is 1. The van der Waals surface area contributed by atoms with Crippen LogP contribution in [0.25, 0.3) is 17.3 Å². The molecular formula is C32H32F3N3O3. The van der Waals surface area contributed by atoms with E-state index in [1.165, 1.54) is 6.07 Å². The van der Waals surface area contributed by atoms with E-state index in [-0.39, 0.29) is 71.9 Å². The first kappa shape index (κ1) is 27.6. The van der Waals surface area contributed by atoms with E-state index in [1.54, 1.807) is 24.5 Å². The molecule has 4 bridgehead atoms. The number of nitrogens with one attached hydrogen (secondary N) is 1. The molecule has 2 N–H and O–H groups in total. The molecule has 9 heteroatoms. The van der Waals surface area contributed by atoms with Crippen molar-refractivity contribution in [3.8, 4) is 11.3 Å². The number of allylic oxidation sites excluding steroid dienone is 1. The number of hydrogen-bond acceptors (Lipinski definition) is 5. The van der Waals surface area contributed by atoms with E-state index in [2.05, 4.69) is 15.3 Å². The number of carbonyl (C=O) groups excluding carboxylic acids is 1. The minimum absolute atomic E-state index is 0.0813. The third-order valence-electron chi connectivity index (χ3n) is 9.06. The summed E-state index contributed by atoms with van der Waals surface area (Å²) < 4.78 is 52.8. The molecule has 2 aliphatic heterocycles. The topological polar surface area (TPSA) is 84.3 Å². The Hall–Kier alpha value is -3.56. The van der Waals surface area contributed by atoms with Crippen molar-refractivity contribution >= 4 is 17.7 Å². The third kappa shape index (κ3) is 5.06. The van der Waals surface area contributed by atoms with E-state index >= 15 is 13.2 Å². The molecule has 4 heterocycles. The molecule has 1 aliphatic carbocycles. The molecule has 1 saturated carbocycles. The van der Waals surface area contributed by atoms with Gasteiger partial charge in [-0.15, -0.1) is 0 Å². The van der Waals surface area contributed by atoms with Gasteiger partial charge in [0.05, 0.1) is 18.0 Å². The van der Waals surface area contributed by atoms with Crippen LogP contribution in [0.2, 0.25) is 0 Å². The van der Waals surface area contributed by atoms with Crippen molar-refractivity contribution in [3.05, 3.63) is 82.3 Å². The number of pyridine rings is 2. The largest absolute Gasteiger partial charge is 0.393 e. The minimum Gasteiger partial charge on any atom is -0.393 e. The van der Waals surface area contributed by atoms with Gasteiger partial charge >= 0.3 is 0 Å². The fourth-order valence-electron chi connectivity index (χ4n) is 6.63. The van der Waals surface area contributed by atoms with Crippen LogP contribution in [-0.4, -0.2) is 40.3 Å². The third-order valence-corrected chi connectivity index (χ3v) is 9.06. The van der Waals surface area contributed by atoms with Gasteiger partial charge in [-0.1, -0.05) is 18.6 Å². The van der Waals surface area contributed by atoms with E-state index in [1.807, 2.05) is 19.9 Å². The van der Waals surface area contributed by atoms with Crippen molar-refractivity contribution in [2.24, 2.45) is 11.8 Å². The number of nitrogens with zero attached hydrogens (tertiary/aromatic N) is 2. The monoisotopic (exact) mass is 563 g/mol. The van der Waals surface area contributed by atoms with Gasteiger partial charge in [-0.2, -0.15) is 0 Å². The summed E-state index contributed by atoms with van der Waals surface area (Å²) >= 11 is 0. The summed E-state index contributed by atoms with van der Waals surface area (Å²) in [6.07, 6.45) is 5.65. The molecule has 1 saturated heterocycles. The molecule has 0 radical (unpaired) electrons. The number of fused-ring (bicyclic) bond motifs is 8. The molecule has 2 aromatic heterocycles. The molecular weight excluding hydrogens is 531 g/mol. The Morgan fingerprint density at radius 1 is 1.10 bits per heavy atom. The fraction of sp³-hybridized carbons (Fsp3) is 0.406. The number of carbonyl (C=O) groups is 1. The van der Waals surface area contributed by atoms with Gasteiger partial charge in [-0.25, -0.2) is 18.2 Å². The standard InChI is InChI=1S/C32H32F3N3O3/c1-17-11-20-12-21(32(35)6-9-41-10-7-32)15-25(34)29(20)30-24(33)3-4-26(37-30)31(40)38-27-16-36-8-5-22(27)19-13-23(17)18(2)28(39)14-19/h3-5,8,11-12,15-16,18-19,23,28,39H,6-7,9-10,13-14H2,1-2H3,(H,38,40). The van der Waals surface area contributed by atoms with Crippen molar-refractivity contribution in [2.75, 3.05) is 18.5 Å². The van der Waals surface area contributed by atoms with Gasteiger partial charge in [0.15, 0.2) is 0 Å². The van der Waals surface area contributed by atoms with E-state index in [0.717, 1.165) is 23.3 Å². The lowest BCUT2D eigenvalue weighted by Crippen LogP contribution is -2.35. The molecule has 3 aliphatic rings. The van der Waals surface area contributed by atoms with E-state index in [9.17, 15) is 9.90 Å². The van der Waals surface area contributed by atoms with E-state index in [4.69, 9.17) is 4.74 Å². The molecule has 4 unspecified atom stereocenters. The zero-order valence-electron chi connectivity index (χ0n) is 23.0. The van der Waals surface area contributed by atoms with Crippen molar-refractivity contribution in [1.29, 1.82) is 0 Å².